The molecular formula is C18H27N5. The molecule has 1 atom stereocenters. The van der Waals surface area contributed by atoms with Gasteiger partial charge in [-0.3, -0.25) is 0 Å². The second-order valence-corrected chi connectivity index (χ2v) is 6.65. The smallest absolute Gasteiger partial charge is 0.222 e. The Bertz CT molecular complexity index is 610. The average molecular weight is 313 g/mol. The van der Waals surface area contributed by atoms with Gasteiger partial charge in [0.15, 0.2) is 0 Å². The van der Waals surface area contributed by atoms with E-state index in [-0.39, 0.29) is 5.96 Å². The van der Waals surface area contributed by atoms with Crippen LogP contribution >= 0.6 is 0 Å². The molecule has 5 heteroatoms. The van der Waals surface area contributed by atoms with Gasteiger partial charge in [-0.1, -0.05) is 6.07 Å². The first-order valence-corrected chi connectivity index (χ1v) is 8.62. The number of hydrogen-bond donors (Lipinski definition) is 2. The third-order valence-corrected chi connectivity index (χ3v) is 4.88. The molecule has 3 rings (SSSR count). The number of nitrogens with two attached hydrogens (primary N) is 2. The second kappa shape index (κ2) is 7.13. The molecular weight excluding hydrogens is 286 g/mol. The van der Waals surface area contributed by atoms with Crippen molar-refractivity contribution in [3.8, 4) is 0 Å². The Labute approximate surface area is 138 Å². The first-order valence-electron chi connectivity index (χ1n) is 8.62. The summed E-state index contributed by atoms with van der Waals surface area (Å²) in [7, 11) is 0. The summed E-state index contributed by atoms with van der Waals surface area (Å²) >= 11 is 0. The highest BCUT2D eigenvalue weighted by Gasteiger charge is 2.24. The Balaban J connectivity index is 1.73. The van der Waals surface area contributed by atoms with Crippen molar-refractivity contribution in [3.05, 3.63) is 29.3 Å². The van der Waals surface area contributed by atoms with Crippen LogP contribution in [0.5, 0.6) is 0 Å². The van der Waals surface area contributed by atoms with Gasteiger partial charge >= 0.3 is 0 Å². The topological polar surface area (TPSA) is 80.0 Å². The molecule has 0 bridgehead atoms. The Hall–Kier alpha value is -1.88. The Morgan fingerprint density at radius 2 is 1.78 bits per heavy atom. The number of likely N-dealkylation sites (tertiary alicyclic amines) is 1. The highest BCUT2D eigenvalue weighted by molar-refractivity contribution is 5.94. The van der Waals surface area contributed by atoms with Gasteiger partial charge in [0.05, 0.1) is 11.5 Å². The zero-order chi connectivity index (χ0) is 16.2. The molecule has 1 aliphatic carbocycles. The molecule has 23 heavy (non-hydrogen) atoms. The SMILES string of the molecule is C/C(N)=N/C(N)=Nc1ccc2c(c1)CCC(N1CCCC1)CC2. The molecule has 1 fully saturated rings. The molecule has 1 saturated heterocycles. The lowest BCUT2D eigenvalue weighted by Gasteiger charge is -2.25. The van der Waals surface area contributed by atoms with E-state index in [9.17, 15) is 0 Å². The first kappa shape index (κ1) is 16.0. The van der Waals surface area contributed by atoms with E-state index < -0.39 is 0 Å². The van der Waals surface area contributed by atoms with Crippen molar-refractivity contribution in [3.63, 3.8) is 0 Å². The normalized spacial score (nSPS) is 23.6. The monoisotopic (exact) mass is 313 g/mol. The fraction of sp³-hybridized carbons (Fsp3) is 0.556. The highest BCUT2D eigenvalue weighted by Crippen LogP contribution is 2.28. The molecule has 1 aromatic carbocycles. The number of hydrogen-bond acceptors (Lipinski definition) is 2. The molecule has 0 spiro atoms. The molecule has 0 radical (unpaired) electrons. The molecule has 0 saturated carbocycles. The molecule has 0 aromatic heterocycles. The molecule has 1 aliphatic heterocycles. The number of amidine groups is 1. The summed E-state index contributed by atoms with van der Waals surface area (Å²) in [6.45, 7) is 4.27. The summed E-state index contributed by atoms with van der Waals surface area (Å²) < 4.78 is 0. The Kier molecular flexibility index (Phi) is 4.96. The van der Waals surface area contributed by atoms with Crippen LogP contribution in [0.2, 0.25) is 0 Å². The van der Waals surface area contributed by atoms with E-state index in [4.69, 9.17) is 11.5 Å². The van der Waals surface area contributed by atoms with Crippen LogP contribution in [0.25, 0.3) is 0 Å². The van der Waals surface area contributed by atoms with Gasteiger partial charge in [0.25, 0.3) is 0 Å². The number of nitrogens with zero attached hydrogens (tertiary/aromatic N) is 3. The average Bonchev–Trinajstić information content (AvgIpc) is 2.94. The van der Waals surface area contributed by atoms with Gasteiger partial charge in [0.1, 0.15) is 0 Å². The van der Waals surface area contributed by atoms with Crippen LogP contribution in [-0.4, -0.2) is 35.8 Å². The molecule has 0 amide bonds. The summed E-state index contributed by atoms with van der Waals surface area (Å²) in [5, 5.41) is 0. The minimum atomic E-state index is 0.216. The Morgan fingerprint density at radius 3 is 2.48 bits per heavy atom. The van der Waals surface area contributed by atoms with E-state index in [1.54, 1.807) is 6.92 Å². The fourth-order valence-electron chi connectivity index (χ4n) is 3.76. The van der Waals surface area contributed by atoms with Crippen LogP contribution in [0.15, 0.2) is 28.2 Å². The van der Waals surface area contributed by atoms with Crippen molar-refractivity contribution in [1.29, 1.82) is 0 Å². The summed E-state index contributed by atoms with van der Waals surface area (Å²) in [5.41, 5.74) is 15.1. The third kappa shape index (κ3) is 4.10. The summed E-state index contributed by atoms with van der Waals surface area (Å²) in [6, 6.07) is 7.14. The molecule has 1 unspecified atom stereocenters. The molecule has 124 valence electrons. The fourth-order valence-corrected chi connectivity index (χ4v) is 3.76. The summed E-state index contributed by atoms with van der Waals surface area (Å²) in [6.07, 6.45) is 7.53. The lowest BCUT2D eigenvalue weighted by molar-refractivity contribution is 0.222. The lowest BCUT2D eigenvalue weighted by atomic mass is 10.0. The van der Waals surface area contributed by atoms with Crippen molar-refractivity contribution in [2.75, 3.05) is 13.1 Å². The van der Waals surface area contributed by atoms with Crippen LogP contribution in [0, 0.1) is 0 Å². The number of guanidine groups is 1. The van der Waals surface area contributed by atoms with E-state index in [2.05, 4.69) is 27.0 Å². The van der Waals surface area contributed by atoms with Gasteiger partial charge in [-0.05, 0) is 81.8 Å². The van der Waals surface area contributed by atoms with Crippen molar-refractivity contribution in [1.82, 2.24) is 4.90 Å². The van der Waals surface area contributed by atoms with E-state index in [0.29, 0.717) is 5.84 Å². The van der Waals surface area contributed by atoms with E-state index in [0.717, 1.165) is 24.6 Å². The largest absolute Gasteiger partial charge is 0.387 e. The minimum absolute atomic E-state index is 0.216. The number of fused-ring (bicyclic) bond motifs is 1. The van der Waals surface area contributed by atoms with E-state index in [1.807, 2.05) is 6.07 Å². The molecule has 1 heterocycles. The van der Waals surface area contributed by atoms with Crippen LogP contribution < -0.4 is 11.5 Å². The maximum Gasteiger partial charge on any atom is 0.222 e. The molecule has 5 nitrogen and oxygen atoms in total. The predicted molar refractivity (Wildman–Crippen MR) is 96.3 cm³/mol. The maximum atomic E-state index is 5.79. The van der Waals surface area contributed by atoms with Crippen LogP contribution in [-0.2, 0) is 12.8 Å². The van der Waals surface area contributed by atoms with Gasteiger partial charge < -0.3 is 16.4 Å². The Morgan fingerprint density at radius 1 is 1.09 bits per heavy atom. The number of aliphatic imine (C=N–C) groups is 2. The van der Waals surface area contributed by atoms with Crippen molar-refractivity contribution in [2.24, 2.45) is 21.5 Å². The van der Waals surface area contributed by atoms with Crippen LogP contribution in [0.4, 0.5) is 5.69 Å². The second-order valence-electron chi connectivity index (χ2n) is 6.65. The zero-order valence-electron chi connectivity index (χ0n) is 14.0. The van der Waals surface area contributed by atoms with Crippen LogP contribution in [0.1, 0.15) is 43.7 Å². The van der Waals surface area contributed by atoms with E-state index >= 15 is 0 Å². The van der Waals surface area contributed by atoms with Gasteiger partial charge in [-0.15, -0.1) is 0 Å². The number of benzene rings is 1. The highest BCUT2D eigenvalue weighted by atomic mass is 15.2. The molecule has 4 N–H and O–H groups in total. The van der Waals surface area contributed by atoms with Gasteiger partial charge in [-0.25, -0.2) is 9.98 Å². The number of aryl methyl sites for hydroxylation is 2. The summed E-state index contributed by atoms with van der Waals surface area (Å²) in [4.78, 5) is 11.0. The van der Waals surface area contributed by atoms with Crippen LogP contribution in [0.3, 0.4) is 0 Å². The standard InChI is InChI=1S/C18H27N5/c1-13(19)21-18(20)22-16-7-4-14-5-8-17(9-6-15(14)12-16)23-10-2-3-11-23/h4,7,12,17H,2-3,5-6,8-11H2,1H3,(H4,19,20,21,22). The quantitative estimate of drug-likeness (QED) is 0.500. The third-order valence-electron chi connectivity index (χ3n) is 4.88. The van der Waals surface area contributed by atoms with E-state index in [1.165, 1.54) is 49.9 Å². The minimum Gasteiger partial charge on any atom is -0.387 e. The molecule has 1 aromatic rings. The van der Waals surface area contributed by atoms with Crippen molar-refractivity contribution in [2.45, 2.75) is 51.5 Å². The molecule has 2 aliphatic rings. The zero-order valence-corrected chi connectivity index (χ0v) is 14.0. The van der Waals surface area contributed by atoms with Gasteiger partial charge in [0, 0.05) is 6.04 Å². The van der Waals surface area contributed by atoms with Crippen molar-refractivity contribution >= 4 is 17.5 Å². The number of rotatable bonds is 2. The first-order chi connectivity index (χ1) is 11.1. The summed E-state index contributed by atoms with van der Waals surface area (Å²) in [5.74, 6) is 0.642. The predicted octanol–water partition coefficient (Wildman–Crippen LogP) is 2.35. The maximum absolute atomic E-state index is 5.79. The van der Waals surface area contributed by atoms with Gasteiger partial charge in [-0.2, -0.15) is 0 Å². The van der Waals surface area contributed by atoms with Crippen molar-refractivity contribution < 1.29 is 0 Å². The van der Waals surface area contributed by atoms with Gasteiger partial charge in [0.2, 0.25) is 5.96 Å². The lowest BCUT2D eigenvalue weighted by Crippen LogP contribution is -2.32.